The van der Waals surface area contributed by atoms with Crippen LogP contribution >= 0.6 is 11.3 Å². The van der Waals surface area contributed by atoms with Crippen LogP contribution in [0.25, 0.3) is 0 Å². The smallest absolute Gasteiger partial charge is 0.341 e. The Bertz CT molecular complexity index is 608. The summed E-state index contributed by atoms with van der Waals surface area (Å²) in [5.74, 6) is -1.10. The van der Waals surface area contributed by atoms with Crippen molar-refractivity contribution in [1.29, 1.82) is 0 Å². The quantitative estimate of drug-likeness (QED) is 0.772. The topological polar surface area (TPSA) is 81.7 Å². The highest BCUT2D eigenvalue weighted by Crippen LogP contribution is 2.39. The minimum atomic E-state index is -0.401. The average Bonchev–Trinajstić information content (AvgIpc) is 3.06. The van der Waals surface area contributed by atoms with Gasteiger partial charge in [-0.25, -0.2) is 4.79 Å². The largest absolute Gasteiger partial charge is 0.466 e. The maximum atomic E-state index is 12.2. The summed E-state index contributed by atoms with van der Waals surface area (Å²) in [4.78, 5) is 36.6. The second-order valence-corrected chi connectivity index (χ2v) is 6.24. The number of amides is 1. The monoisotopic (exact) mass is 339 g/mol. The van der Waals surface area contributed by atoms with E-state index in [-0.39, 0.29) is 18.7 Å². The highest BCUT2D eigenvalue weighted by molar-refractivity contribution is 7.17. The van der Waals surface area contributed by atoms with Crippen LogP contribution in [0.1, 0.15) is 53.9 Å². The molecule has 6 nitrogen and oxygen atoms in total. The fourth-order valence-corrected chi connectivity index (χ4v) is 3.84. The molecule has 23 heavy (non-hydrogen) atoms. The number of thiophene rings is 1. The molecule has 1 amide bonds. The fourth-order valence-electron chi connectivity index (χ4n) is 2.55. The third kappa shape index (κ3) is 4.31. The molecule has 0 aromatic carbocycles. The van der Waals surface area contributed by atoms with E-state index in [0.29, 0.717) is 23.8 Å². The Morgan fingerprint density at radius 2 is 1.83 bits per heavy atom. The highest BCUT2D eigenvalue weighted by atomic mass is 32.1. The SMILES string of the molecule is CCOC(=O)CCC(=O)Nc1sc2c(c1C(=O)OCC)CCC2. The van der Waals surface area contributed by atoms with E-state index in [1.165, 1.54) is 11.3 Å². The standard InChI is InChI=1S/C16H21NO5S/c1-3-21-13(19)9-8-12(18)17-15-14(16(20)22-4-2)10-6-5-7-11(10)23-15/h3-9H2,1-2H3,(H,17,18). The molecule has 0 aliphatic heterocycles. The van der Waals surface area contributed by atoms with E-state index in [9.17, 15) is 14.4 Å². The van der Waals surface area contributed by atoms with E-state index in [1.807, 2.05) is 0 Å². The van der Waals surface area contributed by atoms with E-state index in [1.54, 1.807) is 13.8 Å². The van der Waals surface area contributed by atoms with Gasteiger partial charge in [0.05, 0.1) is 25.2 Å². The highest BCUT2D eigenvalue weighted by Gasteiger charge is 2.28. The van der Waals surface area contributed by atoms with Gasteiger partial charge in [0.25, 0.3) is 0 Å². The van der Waals surface area contributed by atoms with Crippen molar-refractivity contribution in [1.82, 2.24) is 0 Å². The van der Waals surface area contributed by atoms with Crippen molar-refractivity contribution in [2.75, 3.05) is 18.5 Å². The molecule has 1 N–H and O–H groups in total. The molecule has 0 spiro atoms. The Labute approximate surface area is 139 Å². The van der Waals surface area contributed by atoms with Crippen LogP contribution in [-0.2, 0) is 31.9 Å². The molecule has 126 valence electrons. The number of fused-ring (bicyclic) bond motifs is 1. The van der Waals surface area contributed by atoms with Crippen molar-refractivity contribution in [3.63, 3.8) is 0 Å². The van der Waals surface area contributed by atoms with Crippen LogP contribution in [0.15, 0.2) is 0 Å². The first kappa shape index (κ1) is 17.5. The predicted octanol–water partition coefficient (Wildman–Crippen LogP) is 2.70. The van der Waals surface area contributed by atoms with Crippen LogP contribution in [0, 0.1) is 0 Å². The molecule has 1 aromatic heterocycles. The molecule has 0 atom stereocenters. The van der Waals surface area contributed by atoms with Gasteiger partial charge in [-0.05, 0) is 38.7 Å². The van der Waals surface area contributed by atoms with Crippen molar-refractivity contribution < 1.29 is 23.9 Å². The zero-order valence-electron chi connectivity index (χ0n) is 13.4. The molecule has 1 aliphatic rings. The number of carbonyl (C=O) groups is 3. The average molecular weight is 339 g/mol. The summed E-state index contributed by atoms with van der Waals surface area (Å²) < 4.78 is 9.90. The molecule has 0 unspecified atom stereocenters. The predicted molar refractivity (Wildman–Crippen MR) is 86.8 cm³/mol. The van der Waals surface area contributed by atoms with Gasteiger partial charge in [0.1, 0.15) is 5.00 Å². The zero-order chi connectivity index (χ0) is 16.8. The number of esters is 2. The molecule has 0 saturated carbocycles. The molecule has 1 aliphatic carbocycles. The second-order valence-electron chi connectivity index (χ2n) is 5.14. The Morgan fingerprint density at radius 3 is 2.52 bits per heavy atom. The minimum Gasteiger partial charge on any atom is -0.466 e. The van der Waals surface area contributed by atoms with Crippen LogP contribution in [-0.4, -0.2) is 31.1 Å². The summed E-state index contributed by atoms with van der Waals surface area (Å²) in [6.07, 6.45) is 2.83. The molecule has 2 rings (SSSR count). The van der Waals surface area contributed by atoms with E-state index >= 15 is 0 Å². The van der Waals surface area contributed by atoms with Crippen molar-refractivity contribution in [3.05, 3.63) is 16.0 Å². The number of hydrogen-bond acceptors (Lipinski definition) is 6. The molecule has 0 bridgehead atoms. The van der Waals surface area contributed by atoms with E-state index in [0.717, 1.165) is 29.7 Å². The number of ether oxygens (including phenoxy) is 2. The Morgan fingerprint density at radius 1 is 1.09 bits per heavy atom. The maximum Gasteiger partial charge on any atom is 0.341 e. The van der Waals surface area contributed by atoms with Crippen LogP contribution in [0.3, 0.4) is 0 Å². The van der Waals surface area contributed by atoms with Crippen LogP contribution in [0.5, 0.6) is 0 Å². The van der Waals surface area contributed by atoms with Crippen LogP contribution in [0.4, 0.5) is 5.00 Å². The number of anilines is 1. The molecular formula is C16H21NO5S. The van der Waals surface area contributed by atoms with Crippen molar-refractivity contribution in [3.8, 4) is 0 Å². The van der Waals surface area contributed by atoms with Gasteiger partial charge in [-0.3, -0.25) is 9.59 Å². The summed E-state index contributed by atoms with van der Waals surface area (Å²) in [5.41, 5.74) is 1.47. The lowest BCUT2D eigenvalue weighted by Crippen LogP contribution is -2.16. The lowest BCUT2D eigenvalue weighted by molar-refractivity contribution is -0.144. The normalized spacial score (nSPS) is 12.6. The van der Waals surface area contributed by atoms with Gasteiger partial charge >= 0.3 is 11.9 Å². The summed E-state index contributed by atoms with van der Waals surface area (Å²) in [6, 6.07) is 0. The van der Waals surface area contributed by atoms with Crippen molar-refractivity contribution >= 4 is 34.2 Å². The third-order valence-corrected chi connectivity index (χ3v) is 4.72. The van der Waals surface area contributed by atoms with E-state index in [2.05, 4.69) is 5.32 Å². The maximum absolute atomic E-state index is 12.2. The van der Waals surface area contributed by atoms with Gasteiger partial charge in [-0.1, -0.05) is 0 Å². The number of carbonyl (C=O) groups excluding carboxylic acids is 3. The lowest BCUT2D eigenvalue weighted by atomic mass is 10.1. The second kappa shape index (κ2) is 8.10. The molecular weight excluding hydrogens is 318 g/mol. The molecule has 1 heterocycles. The number of hydrogen-bond donors (Lipinski definition) is 1. The third-order valence-electron chi connectivity index (χ3n) is 3.52. The first-order valence-corrected chi connectivity index (χ1v) is 8.65. The number of rotatable bonds is 7. The van der Waals surface area contributed by atoms with Gasteiger partial charge in [0.15, 0.2) is 0 Å². The lowest BCUT2D eigenvalue weighted by Gasteiger charge is -2.08. The molecule has 0 fully saturated rings. The fraction of sp³-hybridized carbons (Fsp3) is 0.562. The molecule has 0 saturated heterocycles. The summed E-state index contributed by atoms with van der Waals surface area (Å²) in [6.45, 7) is 4.06. The van der Waals surface area contributed by atoms with E-state index < -0.39 is 11.9 Å². The Kier molecular flexibility index (Phi) is 6.15. The van der Waals surface area contributed by atoms with Gasteiger partial charge in [-0.15, -0.1) is 11.3 Å². The van der Waals surface area contributed by atoms with Crippen LogP contribution < -0.4 is 5.32 Å². The summed E-state index contributed by atoms with van der Waals surface area (Å²) >= 11 is 1.43. The Hall–Kier alpha value is -1.89. The minimum absolute atomic E-state index is 0.0273. The number of nitrogens with one attached hydrogen (secondary N) is 1. The van der Waals surface area contributed by atoms with E-state index in [4.69, 9.17) is 9.47 Å². The first-order chi connectivity index (χ1) is 11.1. The van der Waals surface area contributed by atoms with Crippen molar-refractivity contribution in [2.24, 2.45) is 0 Å². The zero-order valence-corrected chi connectivity index (χ0v) is 14.2. The van der Waals surface area contributed by atoms with Crippen molar-refractivity contribution in [2.45, 2.75) is 46.0 Å². The number of aryl methyl sites for hydroxylation is 1. The van der Waals surface area contributed by atoms with Crippen LogP contribution in [0.2, 0.25) is 0 Å². The molecule has 0 radical (unpaired) electrons. The molecule has 1 aromatic rings. The summed E-state index contributed by atoms with van der Waals surface area (Å²) in [5, 5.41) is 3.28. The Balaban J connectivity index is 2.06. The van der Waals surface area contributed by atoms with Gasteiger partial charge < -0.3 is 14.8 Å². The summed E-state index contributed by atoms with van der Waals surface area (Å²) in [7, 11) is 0. The van der Waals surface area contributed by atoms with Gasteiger partial charge in [-0.2, -0.15) is 0 Å². The van der Waals surface area contributed by atoms with Gasteiger partial charge in [0.2, 0.25) is 5.91 Å². The first-order valence-electron chi connectivity index (χ1n) is 7.83. The van der Waals surface area contributed by atoms with Gasteiger partial charge in [0, 0.05) is 11.3 Å². The molecule has 7 heteroatoms.